The highest BCUT2D eigenvalue weighted by Gasteiger charge is 2.17. The van der Waals surface area contributed by atoms with Gasteiger partial charge in [0.05, 0.1) is 22.9 Å². The van der Waals surface area contributed by atoms with Crippen molar-refractivity contribution >= 4 is 66.4 Å². The highest BCUT2D eigenvalue weighted by Crippen LogP contribution is 2.31. The highest BCUT2D eigenvalue weighted by molar-refractivity contribution is 9.10. The lowest BCUT2D eigenvalue weighted by molar-refractivity contribution is 0.0974. The Morgan fingerprint density at radius 2 is 1.94 bits per heavy atom. The fraction of sp³-hybridized carbons (Fsp3) is 0.0870. The number of halogens is 1. The summed E-state index contributed by atoms with van der Waals surface area (Å²) in [6, 6.07) is 19.4. The molecule has 5 nitrogen and oxygen atoms in total. The summed E-state index contributed by atoms with van der Waals surface area (Å²) in [5, 5.41) is 6.92. The fourth-order valence-electron chi connectivity index (χ4n) is 3.23. The normalized spacial score (nSPS) is 10.7. The van der Waals surface area contributed by atoms with Crippen molar-refractivity contribution in [2.45, 2.75) is 6.92 Å². The Bertz CT molecular complexity index is 1270. The molecular weight excluding hydrogens is 494 g/mol. The number of amides is 1. The molecular formula is C23H18BrN3O2S2. The minimum atomic E-state index is -0.346. The Hall–Kier alpha value is -2.81. The Labute approximate surface area is 197 Å². The maximum atomic E-state index is 12.8. The van der Waals surface area contributed by atoms with Gasteiger partial charge in [-0.15, -0.1) is 11.3 Å². The van der Waals surface area contributed by atoms with Crippen molar-refractivity contribution in [3.63, 3.8) is 0 Å². The quantitative estimate of drug-likeness (QED) is 0.320. The minimum absolute atomic E-state index is 0.200. The molecule has 0 aliphatic rings. The van der Waals surface area contributed by atoms with Crippen molar-refractivity contribution in [1.82, 2.24) is 10.3 Å². The first kappa shape index (κ1) is 21.4. The summed E-state index contributed by atoms with van der Waals surface area (Å²) >= 11 is 10.4. The maximum Gasteiger partial charge on any atom is 0.261 e. The molecule has 0 spiro atoms. The number of nitrogens with one attached hydrogen (secondary N) is 2. The van der Waals surface area contributed by atoms with Gasteiger partial charge >= 0.3 is 0 Å². The SMILES string of the molecule is COc1c(C)cc(Br)cc1C(=O)NC(=S)Nc1cccc(-c2nc3ccccc3s2)c1. The monoisotopic (exact) mass is 511 g/mol. The zero-order chi connectivity index (χ0) is 22.0. The van der Waals surface area contributed by atoms with E-state index in [1.165, 1.54) is 7.11 Å². The number of aryl methyl sites for hydroxylation is 1. The number of aromatic nitrogens is 1. The van der Waals surface area contributed by atoms with Crippen molar-refractivity contribution in [2.24, 2.45) is 0 Å². The number of thiocarbonyl (C=S) groups is 1. The van der Waals surface area contributed by atoms with Gasteiger partial charge in [-0.3, -0.25) is 10.1 Å². The van der Waals surface area contributed by atoms with E-state index in [-0.39, 0.29) is 11.0 Å². The third-order valence-electron chi connectivity index (χ3n) is 4.58. The first-order chi connectivity index (χ1) is 14.9. The van der Waals surface area contributed by atoms with E-state index < -0.39 is 0 Å². The molecule has 156 valence electrons. The van der Waals surface area contributed by atoms with Gasteiger partial charge in [-0.2, -0.15) is 0 Å². The molecule has 1 heterocycles. The van der Waals surface area contributed by atoms with E-state index in [2.05, 4.69) is 32.6 Å². The molecule has 1 amide bonds. The summed E-state index contributed by atoms with van der Waals surface area (Å²) in [6.07, 6.45) is 0. The van der Waals surface area contributed by atoms with Gasteiger partial charge in [-0.05, 0) is 61.1 Å². The number of nitrogens with zero attached hydrogens (tertiary/aromatic N) is 1. The van der Waals surface area contributed by atoms with Gasteiger partial charge in [0.2, 0.25) is 0 Å². The van der Waals surface area contributed by atoms with Gasteiger partial charge in [0.15, 0.2) is 5.11 Å². The third kappa shape index (κ3) is 4.76. The standard InChI is InChI=1S/C23H18BrN3O2S2/c1-13-10-15(24)12-17(20(13)29-2)21(28)27-23(30)25-16-7-5-6-14(11-16)22-26-18-8-3-4-9-19(18)31-22/h3-12H,1-2H3,(H2,25,27,28,30). The lowest BCUT2D eigenvalue weighted by Crippen LogP contribution is -2.34. The Kier molecular flexibility index (Phi) is 6.31. The van der Waals surface area contributed by atoms with Crippen LogP contribution in [0.1, 0.15) is 15.9 Å². The molecule has 1 aromatic heterocycles. The van der Waals surface area contributed by atoms with Crippen LogP contribution in [-0.4, -0.2) is 23.1 Å². The second kappa shape index (κ2) is 9.13. The zero-order valence-corrected chi connectivity index (χ0v) is 20.0. The zero-order valence-electron chi connectivity index (χ0n) is 16.7. The predicted octanol–water partition coefficient (Wildman–Crippen LogP) is 6.17. The van der Waals surface area contributed by atoms with E-state index in [1.807, 2.05) is 55.5 Å². The van der Waals surface area contributed by atoms with Gasteiger partial charge in [0, 0.05) is 15.7 Å². The van der Waals surface area contributed by atoms with Crippen LogP contribution in [0.25, 0.3) is 20.8 Å². The van der Waals surface area contributed by atoms with Crippen molar-refractivity contribution in [3.8, 4) is 16.3 Å². The number of benzene rings is 3. The molecule has 0 unspecified atom stereocenters. The number of methoxy groups -OCH3 is 1. The number of carbonyl (C=O) groups is 1. The number of para-hydroxylation sites is 1. The predicted molar refractivity (Wildman–Crippen MR) is 134 cm³/mol. The van der Waals surface area contributed by atoms with Crippen molar-refractivity contribution in [2.75, 3.05) is 12.4 Å². The smallest absolute Gasteiger partial charge is 0.261 e. The van der Waals surface area contributed by atoms with E-state index in [0.717, 1.165) is 36.5 Å². The van der Waals surface area contributed by atoms with Crippen LogP contribution in [0, 0.1) is 6.92 Å². The molecule has 8 heteroatoms. The van der Waals surface area contributed by atoms with E-state index in [4.69, 9.17) is 21.9 Å². The van der Waals surface area contributed by atoms with E-state index in [1.54, 1.807) is 17.4 Å². The van der Waals surface area contributed by atoms with Crippen LogP contribution in [0.15, 0.2) is 65.1 Å². The van der Waals surface area contributed by atoms with Gasteiger partial charge in [-0.1, -0.05) is 40.2 Å². The van der Waals surface area contributed by atoms with E-state index >= 15 is 0 Å². The molecule has 0 fully saturated rings. The number of rotatable bonds is 4. The molecule has 0 bridgehead atoms. The van der Waals surface area contributed by atoms with Crippen molar-refractivity contribution in [3.05, 3.63) is 76.3 Å². The average molecular weight is 512 g/mol. The lowest BCUT2D eigenvalue weighted by Gasteiger charge is -2.14. The second-order valence-electron chi connectivity index (χ2n) is 6.78. The number of ether oxygens (including phenoxy) is 1. The van der Waals surface area contributed by atoms with Crippen LogP contribution in [0.5, 0.6) is 5.75 Å². The molecule has 0 aliphatic carbocycles. The summed E-state index contributed by atoms with van der Waals surface area (Å²) in [5.41, 5.74) is 3.97. The molecule has 0 aliphatic heterocycles. The molecule has 31 heavy (non-hydrogen) atoms. The molecule has 0 atom stereocenters. The first-order valence-corrected chi connectivity index (χ1v) is 11.4. The number of hydrogen-bond donors (Lipinski definition) is 2. The van der Waals surface area contributed by atoms with Crippen molar-refractivity contribution < 1.29 is 9.53 Å². The molecule has 0 radical (unpaired) electrons. The van der Waals surface area contributed by atoms with Gasteiger partial charge in [0.25, 0.3) is 5.91 Å². The van der Waals surface area contributed by atoms with Gasteiger partial charge < -0.3 is 10.1 Å². The lowest BCUT2D eigenvalue weighted by atomic mass is 10.1. The number of anilines is 1. The van der Waals surface area contributed by atoms with E-state index in [0.29, 0.717) is 11.3 Å². The minimum Gasteiger partial charge on any atom is -0.496 e. The average Bonchev–Trinajstić information content (AvgIpc) is 3.17. The second-order valence-corrected chi connectivity index (χ2v) is 9.13. The first-order valence-electron chi connectivity index (χ1n) is 9.37. The molecule has 3 aromatic carbocycles. The number of fused-ring (bicyclic) bond motifs is 1. The van der Waals surface area contributed by atoms with Crippen LogP contribution >= 0.6 is 39.5 Å². The van der Waals surface area contributed by atoms with Crippen LogP contribution in [0.4, 0.5) is 5.69 Å². The topological polar surface area (TPSA) is 63.2 Å². The number of hydrogen-bond acceptors (Lipinski definition) is 5. The summed E-state index contributed by atoms with van der Waals surface area (Å²) in [7, 11) is 1.54. The van der Waals surface area contributed by atoms with Crippen LogP contribution < -0.4 is 15.4 Å². The summed E-state index contributed by atoms with van der Waals surface area (Å²) in [6.45, 7) is 1.88. The summed E-state index contributed by atoms with van der Waals surface area (Å²) in [4.78, 5) is 17.5. The third-order valence-corrected chi connectivity index (χ3v) is 6.32. The van der Waals surface area contributed by atoms with Gasteiger partial charge in [-0.25, -0.2) is 4.98 Å². The van der Waals surface area contributed by atoms with Crippen LogP contribution in [-0.2, 0) is 0 Å². The van der Waals surface area contributed by atoms with E-state index in [9.17, 15) is 4.79 Å². The molecule has 2 N–H and O–H groups in total. The molecule has 4 aromatic rings. The maximum absolute atomic E-state index is 12.8. The number of carbonyl (C=O) groups excluding carboxylic acids is 1. The van der Waals surface area contributed by atoms with Crippen LogP contribution in [0.2, 0.25) is 0 Å². The fourth-order valence-corrected chi connectivity index (χ4v) is 4.97. The Balaban J connectivity index is 1.51. The highest BCUT2D eigenvalue weighted by atomic mass is 79.9. The number of thiazole rings is 1. The molecule has 0 saturated carbocycles. The largest absolute Gasteiger partial charge is 0.496 e. The Morgan fingerprint density at radius 3 is 2.71 bits per heavy atom. The molecule has 4 rings (SSSR count). The summed E-state index contributed by atoms with van der Waals surface area (Å²) in [5.74, 6) is 0.169. The van der Waals surface area contributed by atoms with Crippen molar-refractivity contribution in [1.29, 1.82) is 0 Å². The summed E-state index contributed by atoms with van der Waals surface area (Å²) < 4.78 is 7.32. The van der Waals surface area contributed by atoms with Crippen LogP contribution in [0.3, 0.4) is 0 Å². The molecule has 0 saturated heterocycles. The van der Waals surface area contributed by atoms with Gasteiger partial charge in [0.1, 0.15) is 10.8 Å². The Morgan fingerprint density at radius 1 is 1.13 bits per heavy atom.